The van der Waals surface area contributed by atoms with E-state index in [0.717, 1.165) is 16.8 Å². The molecule has 1 aliphatic heterocycles. The number of hydrogen-bond acceptors (Lipinski definition) is 2. The number of rotatable bonds is 2. The number of aromatic nitrogens is 1. The van der Waals surface area contributed by atoms with Gasteiger partial charge >= 0.3 is 0 Å². The zero-order valence-corrected chi connectivity index (χ0v) is 13.0. The second kappa shape index (κ2) is 5.30. The maximum absolute atomic E-state index is 12.4. The van der Waals surface area contributed by atoms with Crippen LogP contribution in [-0.4, -0.2) is 34.7 Å². The van der Waals surface area contributed by atoms with Crippen molar-refractivity contribution in [2.45, 2.75) is 6.92 Å². The topological polar surface area (TPSA) is 42.3 Å². The molecule has 1 aliphatic rings. The summed E-state index contributed by atoms with van der Waals surface area (Å²) in [6.45, 7) is 2.13. The van der Waals surface area contributed by atoms with Crippen molar-refractivity contribution in [2.75, 3.05) is 13.6 Å². The third kappa shape index (κ3) is 2.26. The van der Waals surface area contributed by atoms with Gasteiger partial charge in [-0.2, -0.15) is 0 Å². The molecule has 2 aromatic rings. The zero-order valence-electron chi connectivity index (χ0n) is 13.0. The van der Waals surface area contributed by atoms with Crippen LogP contribution in [-0.2, 0) is 7.05 Å². The van der Waals surface area contributed by atoms with Crippen LogP contribution in [0.5, 0.6) is 0 Å². The van der Waals surface area contributed by atoms with Crippen LogP contribution in [0.25, 0.3) is 5.57 Å². The number of ketones is 1. The Labute approximate surface area is 129 Å². The number of hydrogen-bond donors (Lipinski definition) is 0. The highest BCUT2D eigenvalue weighted by Gasteiger charge is 2.24. The average Bonchev–Trinajstić information content (AvgIpc) is 2.83. The molecule has 4 nitrogen and oxygen atoms in total. The fourth-order valence-electron chi connectivity index (χ4n) is 2.79. The van der Waals surface area contributed by atoms with E-state index in [-0.39, 0.29) is 11.7 Å². The minimum Gasteiger partial charge on any atom is -0.350 e. The number of Topliss-reactive ketones (excluding diaryl/α,β-unsaturated/α-hetero) is 1. The quantitative estimate of drug-likeness (QED) is 0.799. The fourth-order valence-corrected chi connectivity index (χ4v) is 2.79. The summed E-state index contributed by atoms with van der Waals surface area (Å²) >= 11 is 0. The Morgan fingerprint density at radius 1 is 1.09 bits per heavy atom. The van der Waals surface area contributed by atoms with Gasteiger partial charge in [0.25, 0.3) is 5.91 Å². The first-order valence-corrected chi connectivity index (χ1v) is 7.21. The second-order valence-electron chi connectivity index (χ2n) is 5.63. The van der Waals surface area contributed by atoms with Crippen molar-refractivity contribution in [3.05, 3.63) is 65.0 Å². The van der Waals surface area contributed by atoms with E-state index in [9.17, 15) is 9.59 Å². The van der Waals surface area contributed by atoms with Gasteiger partial charge in [0.05, 0.1) is 11.3 Å². The Bertz CT molecular complexity index is 782. The van der Waals surface area contributed by atoms with E-state index in [4.69, 9.17) is 0 Å². The van der Waals surface area contributed by atoms with Gasteiger partial charge < -0.3 is 9.47 Å². The van der Waals surface area contributed by atoms with E-state index in [1.54, 1.807) is 18.9 Å². The molecule has 3 rings (SSSR count). The number of fused-ring (bicyclic) bond motifs is 1. The van der Waals surface area contributed by atoms with Gasteiger partial charge in [0.15, 0.2) is 5.78 Å². The lowest BCUT2D eigenvalue weighted by molar-refractivity contribution is 0.0811. The van der Waals surface area contributed by atoms with Crippen molar-refractivity contribution < 1.29 is 9.59 Å². The molecule has 1 aromatic carbocycles. The van der Waals surface area contributed by atoms with E-state index in [2.05, 4.69) is 6.08 Å². The standard InChI is InChI=1S/C18H18N2O2/c1-12(21)13-4-6-14(7-5-13)15-8-11-20(3)18(22)16-9-10-19(2)17(15)16/h4-10H,11H2,1-3H3. The van der Waals surface area contributed by atoms with Crippen LogP contribution >= 0.6 is 0 Å². The third-order valence-corrected chi connectivity index (χ3v) is 4.08. The van der Waals surface area contributed by atoms with Crippen LogP contribution in [0.3, 0.4) is 0 Å². The molecular formula is C18H18N2O2. The maximum atomic E-state index is 12.4. The highest BCUT2D eigenvalue weighted by Crippen LogP contribution is 2.30. The largest absolute Gasteiger partial charge is 0.350 e. The molecule has 4 heteroatoms. The van der Waals surface area contributed by atoms with Crippen LogP contribution < -0.4 is 0 Å². The van der Waals surface area contributed by atoms with Crippen molar-refractivity contribution >= 4 is 17.3 Å². The molecule has 0 N–H and O–H groups in total. The number of carbonyl (C=O) groups excluding carboxylic acids is 2. The Kier molecular flexibility index (Phi) is 3.45. The summed E-state index contributed by atoms with van der Waals surface area (Å²) in [6, 6.07) is 9.40. The highest BCUT2D eigenvalue weighted by molar-refractivity contribution is 6.02. The summed E-state index contributed by atoms with van der Waals surface area (Å²) < 4.78 is 1.97. The van der Waals surface area contributed by atoms with Gasteiger partial charge in [0, 0.05) is 38.0 Å². The lowest BCUT2D eigenvalue weighted by Crippen LogP contribution is -2.25. The number of likely N-dealkylation sites (N-methyl/N-ethyl adjacent to an activating group) is 1. The molecule has 2 heterocycles. The predicted molar refractivity (Wildman–Crippen MR) is 85.9 cm³/mol. The van der Waals surface area contributed by atoms with Crippen LogP contribution in [0.15, 0.2) is 42.6 Å². The van der Waals surface area contributed by atoms with Gasteiger partial charge in [0.2, 0.25) is 0 Å². The predicted octanol–water partition coefficient (Wildman–Crippen LogP) is 2.75. The average molecular weight is 294 g/mol. The molecule has 1 amide bonds. The van der Waals surface area contributed by atoms with Crippen LogP contribution in [0.2, 0.25) is 0 Å². The van der Waals surface area contributed by atoms with E-state index in [0.29, 0.717) is 17.7 Å². The Hall–Kier alpha value is -2.62. The van der Waals surface area contributed by atoms with Gasteiger partial charge in [-0.1, -0.05) is 30.3 Å². The minimum absolute atomic E-state index is 0.0298. The molecule has 0 fully saturated rings. The Morgan fingerprint density at radius 3 is 2.41 bits per heavy atom. The number of nitrogens with zero attached hydrogens (tertiary/aromatic N) is 2. The minimum atomic E-state index is 0.0298. The molecule has 1 aromatic heterocycles. The van der Waals surface area contributed by atoms with Crippen LogP contribution in [0.1, 0.15) is 38.9 Å². The van der Waals surface area contributed by atoms with Crippen molar-refractivity contribution in [2.24, 2.45) is 7.05 Å². The molecule has 0 aliphatic carbocycles. The van der Waals surface area contributed by atoms with Gasteiger partial charge in [-0.05, 0) is 18.6 Å². The van der Waals surface area contributed by atoms with E-state index in [1.807, 2.05) is 48.1 Å². The molecule has 0 saturated carbocycles. The lowest BCUT2D eigenvalue weighted by atomic mass is 9.98. The molecule has 112 valence electrons. The molecule has 22 heavy (non-hydrogen) atoms. The molecule has 0 radical (unpaired) electrons. The van der Waals surface area contributed by atoms with Gasteiger partial charge in [-0.25, -0.2) is 0 Å². The number of amides is 1. The van der Waals surface area contributed by atoms with Gasteiger partial charge in [-0.3, -0.25) is 9.59 Å². The summed E-state index contributed by atoms with van der Waals surface area (Å²) in [5.74, 6) is 0.0815. The van der Waals surface area contributed by atoms with E-state index >= 15 is 0 Å². The van der Waals surface area contributed by atoms with Gasteiger partial charge in [0.1, 0.15) is 0 Å². The molecule has 0 atom stereocenters. The van der Waals surface area contributed by atoms with Crippen LogP contribution in [0.4, 0.5) is 0 Å². The Balaban J connectivity index is 2.13. The molecule has 0 unspecified atom stereocenters. The van der Waals surface area contributed by atoms with E-state index < -0.39 is 0 Å². The number of carbonyl (C=O) groups is 2. The number of aryl methyl sites for hydroxylation is 1. The zero-order chi connectivity index (χ0) is 15.9. The summed E-state index contributed by atoms with van der Waals surface area (Å²) in [7, 11) is 3.74. The summed E-state index contributed by atoms with van der Waals surface area (Å²) in [5, 5.41) is 0. The molecule has 0 bridgehead atoms. The SMILES string of the molecule is CC(=O)c1ccc(C2=CCN(C)C(=O)c3ccn(C)c32)cc1. The molecule has 0 spiro atoms. The first kappa shape index (κ1) is 14.3. The second-order valence-corrected chi connectivity index (χ2v) is 5.63. The normalized spacial score (nSPS) is 14.4. The Morgan fingerprint density at radius 2 is 1.77 bits per heavy atom. The maximum Gasteiger partial charge on any atom is 0.256 e. The fraction of sp³-hybridized carbons (Fsp3) is 0.222. The van der Waals surface area contributed by atoms with Crippen molar-refractivity contribution in [1.29, 1.82) is 0 Å². The van der Waals surface area contributed by atoms with Crippen molar-refractivity contribution in [3.8, 4) is 0 Å². The molecule has 0 saturated heterocycles. The van der Waals surface area contributed by atoms with Gasteiger partial charge in [-0.15, -0.1) is 0 Å². The first-order chi connectivity index (χ1) is 10.5. The smallest absolute Gasteiger partial charge is 0.256 e. The highest BCUT2D eigenvalue weighted by atomic mass is 16.2. The monoisotopic (exact) mass is 294 g/mol. The summed E-state index contributed by atoms with van der Waals surface area (Å²) in [4.78, 5) is 25.5. The number of benzene rings is 1. The van der Waals surface area contributed by atoms with Crippen LogP contribution in [0, 0.1) is 0 Å². The van der Waals surface area contributed by atoms with Crippen molar-refractivity contribution in [3.63, 3.8) is 0 Å². The summed E-state index contributed by atoms with van der Waals surface area (Å²) in [5.41, 5.74) is 4.36. The first-order valence-electron chi connectivity index (χ1n) is 7.21. The van der Waals surface area contributed by atoms with Crippen molar-refractivity contribution in [1.82, 2.24) is 9.47 Å². The molecular weight excluding hydrogens is 276 g/mol. The van der Waals surface area contributed by atoms with E-state index in [1.165, 1.54) is 0 Å². The lowest BCUT2D eigenvalue weighted by Gasteiger charge is -2.12. The third-order valence-electron chi connectivity index (χ3n) is 4.08. The summed E-state index contributed by atoms with van der Waals surface area (Å²) in [6.07, 6.45) is 3.96.